The van der Waals surface area contributed by atoms with Crippen LogP contribution in [0.3, 0.4) is 0 Å². The van der Waals surface area contributed by atoms with Crippen LogP contribution in [-0.4, -0.2) is 65.3 Å². The molecule has 0 bridgehead atoms. The highest BCUT2D eigenvalue weighted by Crippen LogP contribution is 2.40. The second kappa shape index (κ2) is 11.7. The van der Waals surface area contributed by atoms with Gasteiger partial charge < -0.3 is 19.7 Å². The Morgan fingerprint density at radius 1 is 1.05 bits per heavy atom. The van der Waals surface area contributed by atoms with Gasteiger partial charge in [0.1, 0.15) is 11.6 Å². The second-order valence-electron chi connectivity index (χ2n) is 10.9. The van der Waals surface area contributed by atoms with Crippen LogP contribution in [0, 0.1) is 0 Å². The number of nitrogens with zero attached hydrogens (tertiary/aromatic N) is 2. The number of hydrogen-bond donors (Lipinski definition) is 1. The van der Waals surface area contributed by atoms with Gasteiger partial charge in [-0.1, -0.05) is 6.92 Å². The maximum Gasteiger partial charge on any atom is 0.416 e. The van der Waals surface area contributed by atoms with Gasteiger partial charge in [-0.2, -0.15) is 26.3 Å². The number of benzene rings is 1. The molecule has 1 saturated heterocycles. The first-order valence-corrected chi connectivity index (χ1v) is 12.5. The van der Waals surface area contributed by atoms with Crippen molar-refractivity contribution in [2.45, 2.75) is 96.0 Å². The minimum Gasteiger partial charge on any atom is -0.453 e. The van der Waals surface area contributed by atoms with Crippen molar-refractivity contribution in [3.05, 3.63) is 34.9 Å². The van der Waals surface area contributed by atoms with E-state index < -0.39 is 76.9 Å². The number of hydrogen-bond acceptors (Lipinski definition) is 5. The highest BCUT2D eigenvalue weighted by atomic mass is 19.4. The largest absolute Gasteiger partial charge is 0.453 e. The van der Waals surface area contributed by atoms with E-state index in [1.807, 2.05) is 0 Å². The number of rotatable bonds is 5. The fourth-order valence-electron chi connectivity index (χ4n) is 4.80. The van der Waals surface area contributed by atoms with Crippen LogP contribution in [0.1, 0.15) is 70.6 Å². The lowest BCUT2D eigenvalue weighted by Gasteiger charge is -2.52. The number of likely N-dealkylation sites (tertiary alicyclic amines) is 1. The number of ether oxygens (including phenoxy) is 2. The molecule has 0 spiro atoms. The smallest absolute Gasteiger partial charge is 0.416 e. The van der Waals surface area contributed by atoms with Gasteiger partial charge >= 0.3 is 24.5 Å². The number of methoxy groups -OCH3 is 1. The van der Waals surface area contributed by atoms with Crippen molar-refractivity contribution in [3.63, 3.8) is 0 Å². The van der Waals surface area contributed by atoms with Gasteiger partial charge in [-0.05, 0) is 70.7 Å². The van der Waals surface area contributed by atoms with Crippen LogP contribution in [0.25, 0.3) is 0 Å². The number of carbonyl (C=O) groups excluding carboxylic acids is 3. The van der Waals surface area contributed by atoms with E-state index in [1.165, 1.54) is 11.9 Å². The molecule has 1 aliphatic heterocycles. The lowest BCUT2D eigenvalue weighted by molar-refractivity contribution is -0.143. The maximum atomic E-state index is 13.4. The molecule has 1 aliphatic rings. The molecule has 1 heterocycles. The lowest BCUT2D eigenvalue weighted by Crippen LogP contribution is -2.66. The Morgan fingerprint density at radius 3 is 1.98 bits per heavy atom. The van der Waals surface area contributed by atoms with Gasteiger partial charge in [-0.3, -0.25) is 9.69 Å². The van der Waals surface area contributed by atoms with Crippen LogP contribution in [0.2, 0.25) is 0 Å². The molecule has 1 aromatic rings. The summed E-state index contributed by atoms with van der Waals surface area (Å²) >= 11 is 0. The molecule has 1 aromatic carbocycles. The van der Waals surface area contributed by atoms with Crippen LogP contribution in [-0.2, 0) is 33.2 Å². The van der Waals surface area contributed by atoms with E-state index in [-0.39, 0.29) is 25.3 Å². The number of halogens is 6. The standard InChI is InChI=1S/C26H35F6N3O5/c1-8-24(5)13-18(12-19(20(36)33-6)35(24)22(38)40-23(2,3)4)34(21(37)39-7)14-15-9-16(25(27,28)29)11-17(10-15)26(30,31)32/h9-11,18-19H,8,12-14H2,1-7H3,(H,33,36). The Balaban J connectivity index is 2.60. The topological polar surface area (TPSA) is 88.2 Å². The van der Waals surface area contributed by atoms with Gasteiger partial charge in [-0.25, -0.2) is 9.59 Å². The van der Waals surface area contributed by atoms with Crippen molar-refractivity contribution in [2.75, 3.05) is 14.2 Å². The molecule has 8 nitrogen and oxygen atoms in total. The predicted octanol–water partition coefficient (Wildman–Crippen LogP) is 5.98. The zero-order valence-corrected chi connectivity index (χ0v) is 23.4. The zero-order chi connectivity index (χ0) is 30.8. The molecule has 14 heteroatoms. The van der Waals surface area contributed by atoms with E-state index in [4.69, 9.17) is 9.47 Å². The van der Waals surface area contributed by atoms with Crippen molar-refractivity contribution in [2.24, 2.45) is 0 Å². The third kappa shape index (κ3) is 7.72. The minimum atomic E-state index is -5.07. The van der Waals surface area contributed by atoms with Crippen LogP contribution in [0.15, 0.2) is 18.2 Å². The SMILES string of the molecule is CCC1(C)CC(N(Cc2cc(C(F)(F)F)cc(C(F)(F)F)c2)C(=O)OC)CC(C(=O)NC)N1C(=O)OC(C)(C)C. The van der Waals surface area contributed by atoms with E-state index in [1.54, 1.807) is 34.6 Å². The lowest BCUT2D eigenvalue weighted by atomic mass is 9.79. The molecule has 40 heavy (non-hydrogen) atoms. The summed E-state index contributed by atoms with van der Waals surface area (Å²) in [5, 5.41) is 2.47. The molecule has 1 fully saturated rings. The molecule has 2 rings (SSSR count). The Hall–Kier alpha value is -3.19. The summed E-state index contributed by atoms with van der Waals surface area (Å²) < 4.78 is 91.1. The first-order valence-electron chi connectivity index (χ1n) is 12.5. The third-order valence-corrected chi connectivity index (χ3v) is 6.82. The number of piperidine rings is 1. The molecular weight excluding hydrogens is 548 g/mol. The predicted molar refractivity (Wildman–Crippen MR) is 132 cm³/mol. The molecular formula is C26H35F6N3O5. The summed E-state index contributed by atoms with van der Waals surface area (Å²) in [4.78, 5) is 41.4. The summed E-state index contributed by atoms with van der Waals surface area (Å²) in [5.74, 6) is -0.585. The number of carbonyl (C=O) groups is 3. The van der Waals surface area contributed by atoms with Crippen molar-refractivity contribution in [1.29, 1.82) is 0 Å². The molecule has 1 N–H and O–H groups in total. The summed E-state index contributed by atoms with van der Waals surface area (Å²) in [7, 11) is 2.37. The number of nitrogens with one attached hydrogen (secondary N) is 1. The van der Waals surface area contributed by atoms with Crippen molar-refractivity contribution >= 4 is 18.1 Å². The van der Waals surface area contributed by atoms with Gasteiger partial charge in [-0.15, -0.1) is 0 Å². The first-order chi connectivity index (χ1) is 18.2. The summed E-state index contributed by atoms with van der Waals surface area (Å²) in [5.41, 5.74) is -5.46. The van der Waals surface area contributed by atoms with E-state index in [0.29, 0.717) is 12.1 Å². The van der Waals surface area contributed by atoms with Gasteiger partial charge in [0.15, 0.2) is 0 Å². The minimum absolute atomic E-state index is 0.00106. The Kier molecular flexibility index (Phi) is 9.69. The average Bonchev–Trinajstić information content (AvgIpc) is 2.83. The van der Waals surface area contributed by atoms with E-state index in [9.17, 15) is 40.7 Å². The van der Waals surface area contributed by atoms with Gasteiger partial charge in [0, 0.05) is 25.2 Å². The van der Waals surface area contributed by atoms with E-state index in [0.717, 1.165) is 12.0 Å². The number of amides is 3. The highest BCUT2D eigenvalue weighted by molar-refractivity contribution is 5.86. The summed E-state index contributed by atoms with van der Waals surface area (Å²) in [6, 6.07) is -0.988. The Labute approximate surface area is 228 Å². The van der Waals surface area contributed by atoms with Crippen molar-refractivity contribution in [1.82, 2.24) is 15.1 Å². The quantitative estimate of drug-likeness (QED) is 0.432. The van der Waals surface area contributed by atoms with Crippen LogP contribution in [0.5, 0.6) is 0 Å². The van der Waals surface area contributed by atoms with E-state index >= 15 is 0 Å². The van der Waals surface area contributed by atoms with Crippen molar-refractivity contribution < 1.29 is 50.2 Å². The average molecular weight is 584 g/mol. The Morgan fingerprint density at radius 2 is 1.57 bits per heavy atom. The molecule has 3 amide bonds. The number of likely N-dealkylation sites (N-methyl/N-ethyl adjacent to an activating group) is 1. The van der Waals surface area contributed by atoms with Crippen molar-refractivity contribution in [3.8, 4) is 0 Å². The normalized spacial score (nSPS) is 22.0. The Bertz CT molecular complexity index is 1070. The molecule has 0 saturated carbocycles. The first kappa shape index (κ1) is 33.0. The third-order valence-electron chi connectivity index (χ3n) is 6.82. The van der Waals surface area contributed by atoms with Crippen LogP contribution < -0.4 is 5.32 Å². The molecule has 0 aliphatic carbocycles. The van der Waals surface area contributed by atoms with Gasteiger partial charge in [0.2, 0.25) is 5.91 Å². The zero-order valence-electron chi connectivity index (χ0n) is 23.4. The highest BCUT2D eigenvalue weighted by Gasteiger charge is 2.51. The van der Waals surface area contributed by atoms with Gasteiger partial charge in [0.25, 0.3) is 0 Å². The summed E-state index contributed by atoms with van der Waals surface area (Å²) in [6.45, 7) is 7.69. The second-order valence-corrected chi connectivity index (χ2v) is 10.9. The molecule has 0 radical (unpaired) electrons. The van der Waals surface area contributed by atoms with Gasteiger partial charge in [0.05, 0.1) is 18.2 Å². The maximum absolute atomic E-state index is 13.4. The van der Waals surface area contributed by atoms with Crippen LogP contribution in [0.4, 0.5) is 35.9 Å². The molecule has 3 atom stereocenters. The summed E-state index contributed by atoms with van der Waals surface area (Å²) in [6.07, 6.45) is -11.8. The fraction of sp³-hybridized carbons (Fsp3) is 0.654. The van der Waals surface area contributed by atoms with Crippen LogP contribution >= 0.6 is 0 Å². The monoisotopic (exact) mass is 583 g/mol. The molecule has 226 valence electrons. The molecule has 3 unspecified atom stereocenters. The van der Waals surface area contributed by atoms with E-state index in [2.05, 4.69) is 5.32 Å². The number of alkyl halides is 6. The fourth-order valence-corrected chi connectivity index (χ4v) is 4.80. The molecule has 0 aromatic heterocycles.